The topological polar surface area (TPSA) is 66.3 Å². The standard InChI is InChI=1S/C28H33FN6/c1-6-28(4)18(3)32-25-17(2)13-21(14-22(25)28)26-23(29)16-31-27(34-26)33-24-8-7-20(15-30-24)19-9-11-35(5)12-10-19/h7-8,13-16,19H,6,9-12H2,1-5H3,(H,30,31,33,34). The Bertz CT molecular complexity index is 1280. The molecule has 1 saturated heterocycles. The minimum Gasteiger partial charge on any atom is -0.309 e. The molecule has 3 aromatic rings. The molecule has 4 heterocycles. The highest BCUT2D eigenvalue weighted by molar-refractivity contribution is 6.01. The molecule has 2 aromatic heterocycles. The Morgan fingerprint density at radius 3 is 2.57 bits per heavy atom. The smallest absolute Gasteiger partial charge is 0.229 e. The first-order chi connectivity index (χ1) is 16.8. The van der Waals surface area contributed by atoms with E-state index in [0.29, 0.717) is 17.7 Å². The predicted octanol–water partition coefficient (Wildman–Crippen LogP) is 6.31. The summed E-state index contributed by atoms with van der Waals surface area (Å²) in [5.74, 6) is 1.07. The number of rotatable bonds is 5. The van der Waals surface area contributed by atoms with E-state index < -0.39 is 5.82 Å². The maximum absolute atomic E-state index is 14.9. The molecule has 0 saturated carbocycles. The van der Waals surface area contributed by atoms with Crippen LogP contribution >= 0.6 is 0 Å². The average molecular weight is 473 g/mol. The van der Waals surface area contributed by atoms with E-state index >= 15 is 0 Å². The zero-order valence-corrected chi connectivity index (χ0v) is 21.2. The first-order valence-electron chi connectivity index (χ1n) is 12.4. The number of pyridine rings is 1. The Balaban J connectivity index is 1.40. The van der Waals surface area contributed by atoms with Gasteiger partial charge in [-0.1, -0.05) is 19.9 Å². The van der Waals surface area contributed by atoms with E-state index in [2.05, 4.69) is 59.1 Å². The Morgan fingerprint density at radius 1 is 1.11 bits per heavy atom. The number of piperidine rings is 1. The van der Waals surface area contributed by atoms with Crippen LogP contribution < -0.4 is 5.32 Å². The van der Waals surface area contributed by atoms with Crippen LogP contribution in [0.25, 0.3) is 11.3 Å². The number of nitrogens with one attached hydrogen (secondary N) is 1. The van der Waals surface area contributed by atoms with Gasteiger partial charge in [-0.15, -0.1) is 0 Å². The molecule has 0 amide bonds. The van der Waals surface area contributed by atoms with Gasteiger partial charge in [0.15, 0.2) is 5.82 Å². The van der Waals surface area contributed by atoms with Gasteiger partial charge in [-0.2, -0.15) is 0 Å². The fraction of sp³-hybridized carbons (Fsp3) is 0.429. The molecule has 1 unspecified atom stereocenters. The van der Waals surface area contributed by atoms with Crippen molar-refractivity contribution in [2.45, 2.75) is 58.3 Å². The third-order valence-corrected chi connectivity index (χ3v) is 7.91. The van der Waals surface area contributed by atoms with Crippen molar-refractivity contribution in [2.24, 2.45) is 4.99 Å². The molecule has 2 aliphatic heterocycles. The minimum absolute atomic E-state index is 0.153. The van der Waals surface area contributed by atoms with Crippen molar-refractivity contribution < 1.29 is 4.39 Å². The molecular formula is C28H33FN6. The number of nitrogens with zero attached hydrogens (tertiary/aromatic N) is 5. The first kappa shape index (κ1) is 23.5. The molecule has 1 atom stereocenters. The molecule has 0 radical (unpaired) electrons. The number of anilines is 2. The molecule has 2 aliphatic rings. The van der Waals surface area contributed by atoms with Gasteiger partial charge in [-0.05, 0) is 94.1 Å². The number of hydrogen-bond donors (Lipinski definition) is 1. The SMILES string of the molecule is CCC1(C)C(C)=Nc2c(C)cc(-c3nc(Nc4ccc(C5CCN(C)CC5)cn4)ncc3F)cc21. The zero-order chi connectivity index (χ0) is 24.7. The van der Waals surface area contributed by atoms with E-state index in [1.54, 1.807) is 0 Å². The molecule has 35 heavy (non-hydrogen) atoms. The third kappa shape index (κ3) is 4.33. The number of hydrogen-bond acceptors (Lipinski definition) is 6. The van der Waals surface area contributed by atoms with Gasteiger partial charge in [0.05, 0.1) is 11.9 Å². The van der Waals surface area contributed by atoms with Crippen LogP contribution in [0.2, 0.25) is 0 Å². The Kier molecular flexibility index (Phi) is 6.13. The molecule has 0 spiro atoms. The van der Waals surface area contributed by atoms with Gasteiger partial charge < -0.3 is 10.2 Å². The van der Waals surface area contributed by atoms with Gasteiger partial charge in [-0.25, -0.2) is 19.3 Å². The summed E-state index contributed by atoms with van der Waals surface area (Å²) in [6.07, 6.45) is 6.38. The summed E-state index contributed by atoms with van der Waals surface area (Å²) in [6.45, 7) is 10.7. The van der Waals surface area contributed by atoms with Crippen molar-refractivity contribution in [1.29, 1.82) is 0 Å². The quantitative estimate of drug-likeness (QED) is 0.471. The highest BCUT2D eigenvalue weighted by Gasteiger charge is 2.36. The van der Waals surface area contributed by atoms with E-state index in [0.717, 1.165) is 60.4 Å². The molecule has 6 nitrogen and oxygen atoms in total. The second-order valence-electron chi connectivity index (χ2n) is 10.1. The number of aliphatic imine (C=N–C) groups is 1. The highest BCUT2D eigenvalue weighted by atomic mass is 19.1. The van der Waals surface area contributed by atoms with Crippen LogP contribution in [0.5, 0.6) is 0 Å². The fourth-order valence-electron chi connectivity index (χ4n) is 5.22. The lowest BCUT2D eigenvalue weighted by Crippen LogP contribution is -2.29. The van der Waals surface area contributed by atoms with Crippen molar-refractivity contribution in [3.05, 3.63) is 59.2 Å². The van der Waals surface area contributed by atoms with Crippen molar-refractivity contribution in [1.82, 2.24) is 19.9 Å². The lowest BCUT2D eigenvalue weighted by molar-refractivity contribution is 0.255. The van der Waals surface area contributed by atoms with Gasteiger partial charge in [0.1, 0.15) is 11.5 Å². The second kappa shape index (κ2) is 9.11. The largest absolute Gasteiger partial charge is 0.309 e. The summed E-state index contributed by atoms with van der Waals surface area (Å²) in [6, 6.07) is 8.07. The molecule has 1 fully saturated rings. The van der Waals surface area contributed by atoms with Gasteiger partial charge in [0, 0.05) is 22.9 Å². The van der Waals surface area contributed by atoms with Crippen LogP contribution in [0.1, 0.15) is 62.6 Å². The number of halogens is 1. The fourth-order valence-corrected chi connectivity index (χ4v) is 5.22. The minimum atomic E-state index is -0.450. The molecule has 7 heteroatoms. The summed E-state index contributed by atoms with van der Waals surface area (Å²) < 4.78 is 14.9. The first-order valence-corrected chi connectivity index (χ1v) is 12.4. The molecule has 1 aromatic carbocycles. The monoisotopic (exact) mass is 472 g/mol. The van der Waals surface area contributed by atoms with E-state index in [4.69, 9.17) is 4.99 Å². The molecule has 0 aliphatic carbocycles. The molecule has 0 bridgehead atoms. The van der Waals surface area contributed by atoms with Gasteiger partial charge in [0.25, 0.3) is 0 Å². The number of fused-ring (bicyclic) bond motifs is 1. The van der Waals surface area contributed by atoms with Crippen molar-refractivity contribution in [3.63, 3.8) is 0 Å². The Labute approximate surface area is 206 Å². The highest BCUT2D eigenvalue weighted by Crippen LogP contribution is 2.46. The Hall–Kier alpha value is -3.19. The summed E-state index contributed by atoms with van der Waals surface area (Å²) >= 11 is 0. The van der Waals surface area contributed by atoms with Crippen LogP contribution in [0.3, 0.4) is 0 Å². The van der Waals surface area contributed by atoms with Crippen molar-refractivity contribution in [3.8, 4) is 11.3 Å². The van der Waals surface area contributed by atoms with Crippen molar-refractivity contribution in [2.75, 3.05) is 25.5 Å². The van der Waals surface area contributed by atoms with Crippen LogP contribution in [0.15, 0.2) is 41.7 Å². The molecule has 5 rings (SSSR count). The maximum atomic E-state index is 14.9. The predicted molar refractivity (Wildman–Crippen MR) is 140 cm³/mol. The number of aryl methyl sites for hydroxylation is 1. The van der Waals surface area contributed by atoms with E-state index in [-0.39, 0.29) is 11.1 Å². The van der Waals surface area contributed by atoms with Crippen LogP contribution in [0.4, 0.5) is 21.8 Å². The normalized spacial score (nSPS) is 20.6. The third-order valence-electron chi connectivity index (χ3n) is 7.91. The molecular weight excluding hydrogens is 439 g/mol. The van der Waals surface area contributed by atoms with Gasteiger partial charge >= 0.3 is 0 Å². The Morgan fingerprint density at radius 2 is 1.89 bits per heavy atom. The van der Waals surface area contributed by atoms with Crippen LogP contribution in [0, 0.1) is 12.7 Å². The summed E-state index contributed by atoms with van der Waals surface area (Å²) in [7, 11) is 2.17. The number of aromatic nitrogens is 3. The van der Waals surface area contributed by atoms with E-state index in [1.165, 1.54) is 11.8 Å². The average Bonchev–Trinajstić information content (AvgIpc) is 3.12. The van der Waals surface area contributed by atoms with E-state index in [9.17, 15) is 4.39 Å². The zero-order valence-electron chi connectivity index (χ0n) is 21.2. The second-order valence-corrected chi connectivity index (χ2v) is 10.1. The molecule has 182 valence electrons. The lowest BCUT2D eigenvalue weighted by Gasteiger charge is -2.29. The van der Waals surface area contributed by atoms with Crippen molar-refractivity contribution >= 4 is 23.2 Å². The van der Waals surface area contributed by atoms with E-state index in [1.807, 2.05) is 31.3 Å². The lowest BCUT2D eigenvalue weighted by atomic mass is 9.76. The number of benzene rings is 1. The number of likely N-dealkylation sites (tertiary alicyclic amines) is 1. The van der Waals surface area contributed by atoms with Crippen LogP contribution in [-0.4, -0.2) is 45.7 Å². The summed E-state index contributed by atoms with van der Waals surface area (Å²) in [5, 5.41) is 3.15. The van der Waals surface area contributed by atoms with Crippen LogP contribution in [-0.2, 0) is 5.41 Å². The van der Waals surface area contributed by atoms with Gasteiger partial charge in [-0.3, -0.25) is 4.99 Å². The maximum Gasteiger partial charge on any atom is 0.229 e. The summed E-state index contributed by atoms with van der Waals surface area (Å²) in [5.41, 5.74) is 6.36. The molecule has 1 N–H and O–H groups in total. The summed E-state index contributed by atoms with van der Waals surface area (Å²) in [4.78, 5) is 20.5. The van der Waals surface area contributed by atoms with Gasteiger partial charge in [0.2, 0.25) is 5.95 Å².